The molecule has 0 saturated carbocycles. The maximum Gasteiger partial charge on any atom is 0.326 e. The molecule has 0 aliphatic heterocycles. The lowest BCUT2D eigenvalue weighted by Crippen LogP contribution is -2.41. The molecule has 1 unspecified atom stereocenters. The molecule has 0 aliphatic carbocycles. The Balaban J connectivity index is 3.06. The Morgan fingerprint density at radius 3 is 2.50 bits per heavy atom. The molecule has 1 aromatic carbocycles. The Morgan fingerprint density at radius 2 is 2.10 bits per heavy atom. The third-order valence-corrected chi connectivity index (χ3v) is 3.15. The highest BCUT2D eigenvalue weighted by Crippen LogP contribution is 2.25. The standard InChI is InChI=1S/C12H13ClN2O5/c1-3-9(12(17)18)14(2)11(16)7-4-5-10(15(19)20)8(13)6-7/h4-6,9H,3H2,1-2H3,(H,17,18). The average Bonchev–Trinajstić information content (AvgIpc) is 2.37. The molecule has 0 heterocycles. The summed E-state index contributed by atoms with van der Waals surface area (Å²) in [5, 5.41) is 19.5. The van der Waals surface area contributed by atoms with Gasteiger partial charge in [-0.3, -0.25) is 14.9 Å². The highest BCUT2D eigenvalue weighted by Gasteiger charge is 2.26. The number of benzene rings is 1. The second kappa shape index (κ2) is 6.33. The zero-order valence-corrected chi connectivity index (χ0v) is 11.6. The minimum absolute atomic E-state index is 0.0998. The predicted octanol–water partition coefficient (Wildman–Crippen LogP) is 2.18. The number of carbonyl (C=O) groups is 2. The Labute approximate surface area is 119 Å². The van der Waals surface area contributed by atoms with Crippen LogP contribution in [0.25, 0.3) is 0 Å². The van der Waals surface area contributed by atoms with E-state index in [1.165, 1.54) is 13.1 Å². The van der Waals surface area contributed by atoms with Crippen LogP contribution in [0.15, 0.2) is 18.2 Å². The van der Waals surface area contributed by atoms with Crippen LogP contribution >= 0.6 is 11.6 Å². The number of carboxylic acids is 1. The van der Waals surface area contributed by atoms with Crippen LogP contribution in [0.3, 0.4) is 0 Å². The molecule has 1 N–H and O–H groups in total. The van der Waals surface area contributed by atoms with Gasteiger partial charge < -0.3 is 10.0 Å². The van der Waals surface area contributed by atoms with Gasteiger partial charge in [0.2, 0.25) is 0 Å². The summed E-state index contributed by atoms with van der Waals surface area (Å²) < 4.78 is 0. The second-order valence-electron chi connectivity index (χ2n) is 4.10. The fourth-order valence-electron chi connectivity index (χ4n) is 1.75. The van der Waals surface area contributed by atoms with Crippen molar-refractivity contribution in [2.45, 2.75) is 19.4 Å². The number of nitrogens with zero attached hydrogens (tertiary/aromatic N) is 2. The smallest absolute Gasteiger partial charge is 0.326 e. The van der Waals surface area contributed by atoms with Gasteiger partial charge in [0.25, 0.3) is 11.6 Å². The number of rotatable bonds is 5. The molecule has 1 atom stereocenters. The summed E-state index contributed by atoms with van der Waals surface area (Å²) in [6.45, 7) is 1.64. The number of carboxylic acid groups (broad SMARTS) is 1. The molecule has 8 heteroatoms. The zero-order valence-electron chi connectivity index (χ0n) is 10.9. The van der Waals surface area contributed by atoms with E-state index in [2.05, 4.69) is 0 Å². The number of carbonyl (C=O) groups excluding carboxylic acids is 1. The minimum atomic E-state index is -1.11. The molecular formula is C12H13ClN2O5. The fourth-order valence-corrected chi connectivity index (χ4v) is 2.00. The molecule has 0 aliphatic rings. The van der Waals surface area contributed by atoms with Crippen LogP contribution in [0.1, 0.15) is 23.7 Å². The Bertz CT molecular complexity index is 561. The predicted molar refractivity (Wildman–Crippen MR) is 71.9 cm³/mol. The van der Waals surface area contributed by atoms with Gasteiger partial charge in [0.05, 0.1) is 4.92 Å². The maximum atomic E-state index is 12.1. The van der Waals surface area contributed by atoms with Gasteiger partial charge in [0.15, 0.2) is 0 Å². The molecule has 0 radical (unpaired) electrons. The fraction of sp³-hybridized carbons (Fsp3) is 0.333. The Hall–Kier alpha value is -2.15. The number of nitro groups is 1. The lowest BCUT2D eigenvalue weighted by atomic mass is 10.1. The molecule has 1 aromatic rings. The van der Waals surface area contributed by atoms with E-state index in [4.69, 9.17) is 16.7 Å². The number of halogens is 1. The lowest BCUT2D eigenvalue weighted by Gasteiger charge is -2.23. The third kappa shape index (κ3) is 3.24. The number of likely N-dealkylation sites (N-methyl/N-ethyl adjacent to an activating group) is 1. The first kappa shape index (κ1) is 15.9. The summed E-state index contributed by atoms with van der Waals surface area (Å²) >= 11 is 5.72. The molecule has 0 fully saturated rings. The van der Waals surface area contributed by atoms with Crippen LogP contribution in [0.2, 0.25) is 5.02 Å². The van der Waals surface area contributed by atoms with Gasteiger partial charge in [-0.15, -0.1) is 0 Å². The molecule has 7 nitrogen and oxygen atoms in total. The summed E-state index contributed by atoms with van der Waals surface area (Å²) in [7, 11) is 1.36. The number of nitro benzene ring substituents is 1. The van der Waals surface area contributed by atoms with Crippen LogP contribution in [0.4, 0.5) is 5.69 Å². The van der Waals surface area contributed by atoms with E-state index in [1.807, 2.05) is 0 Å². The molecule has 108 valence electrons. The zero-order chi connectivity index (χ0) is 15.4. The lowest BCUT2D eigenvalue weighted by molar-refractivity contribution is -0.384. The quantitative estimate of drug-likeness (QED) is 0.663. The van der Waals surface area contributed by atoms with Crippen molar-refractivity contribution in [2.75, 3.05) is 7.05 Å². The molecule has 0 aromatic heterocycles. The SMILES string of the molecule is CCC(C(=O)O)N(C)C(=O)c1ccc([N+](=O)[O-])c(Cl)c1. The number of hydrogen-bond donors (Lipinski definition) is 1. The normalized spacial score (nSPS) is 11.8. The van der Waals surface area contributed by atoms with Crippen molar-refractivity contribution in [1.82, 2.24) is 4.90 Å². The van der Waals surface area contributed by atoms with Gasteiger partial charge >= 0.3 is 5.97 Å². The Morgan fingerprint density at radius 1 is 1.50 bits per heavy atom. The van der Waals surface area contributed by atoms with E-state index in [0.29, 0.717) is 0 Å². The van der Waals surface area contributed by atoms with Gasteiger partial charge in [0.1, 0.15) is 11.1 Å². The van der Waals surface area contributed by atoms with Gasteiger partial charge in [-0.2, -0.15) is 0 Å². The van der Waals surface area contributed by atoms with Crippen molar-refractivity contribution in [3.8, 4) is 0 Å². The van der Waals surface area contributed by atoms with Gasteiger partial charge in [-0.1, -0.05) is 18.5 Å². The van der Waals surface area contributed by atoms with E-state index < -0.39 is 22.8 Å². The topological polar surface area (TPSA) is 101 Å². The molecule has 1 amide bonds. The van der Waals surface area contributed by atoms with E-state index in [1.54, 1.807) is 6.92 Å². The van der Waals surface area contributed by atoms with Crippen molar-refractivity contribution in [2.24, 2.45) is 0 Å². The van der Waals surface area contributed by atoms with Crippen molar-refractivity contribution < 1.29 is 19.6 Å². The first-order valence-electron chi connectivity index (χ1n) is 5.73. The van der Waals surface area contributed by atoms with Crippen LogP contribution in [-0.4, -0.2) is 39.9 Å². The van der Waals surface area contributed by atoms with Crippen molar-refractivity contribution >= 4 is 29.2 Å². The molecule has 20 heavy (non-hydrogen) atoms. The van der Waals surface area contributed by atoms with Crippen molar-refractivity contribution in [3.05, 3.63) is 38.9 Å². The number of hydrogen-bond acceptors (Lipinski definition) is 4. The number of aliphatic carboxylic acids is 1. The number of amides is 1. The van der Waals surface area contributed by atoms with Crippen LogP contribution in [-0.2, 0) is 4.79 Å². The average molecular weight is 301 g/mol. The van der Waals surface area contributed by atoms with Crippen LogP contribution in [0.5, 0.6) is 0 Å². The van der Waals surface area contributed by atoms with Crippen LogP contribution in [0, 0.1) is 10.1 Å². The first-order valence-corrected chi connectivity index (χ1v) is 6.11. The molecule has 1 rings (SSSR count). The van der Waals surface area contributed by atoms with E-state index in [-0.39, 0.29) is 22.7 Å². The first-order chi connectivity index (χ1) is 9.29. The van der Waals surface area contributed by atoms with Crippen molar-refractivity contribution in [1.29, 1.82) is 0 Å². The highest BCUT2D eigenvalue weighted by atomic mass is 35.5. The minimum Gasteiger partial charge on any atom is -0.480 e. The molecule has 0 spiro atoms. The van der Waals surface area contributed by atoms with Crippen molar-refractivity contribution in [3.63, 3.8) is 0 Å². The van der Waals surface area contributed by atoms with E-state index in [0.717, 1.165) is 17.0 Å². The van der Waals surface area contributed by atoms with Gasteiger partial charge in [-0.05, 0) is 18.6 Å². The highest BCUT2D eigenvalue weighted by molar-refractivity contribution is 6.33. The van der Waals surface area contributed by atoms with Gasteiger partial charge in [0, 0.05) is 18.7 Å². The molecular weight excluding hydrogens is 288 g/mol. The summed E-state index contributed by atoms with van der Waals surface area (Å²) in [4.78, 5) is 34.2. The monoisotopic (exact) mass is 300 g/mol. The second-order valence-corrected chi connectivity index (χ2v) is 4.51. The molecule has 0 saturated heterocycles. The summed E-state index contributed by atoms with van der Waals surface area (Å²) in [6.07, 6.45) is 0.248. The summed E-state index contributed by atoms with van der Waals surface area (Å²) in [5.74, 6) is -1.67. The summed E-state index contributed by atoms with van der Waals surface area (Å²) in [5.41, 5.74) is -0.209. The van der Waals surface area contributed by atoms with Gasteiger partial charge in [-0.25, -0.2) is 4.79 Å². The Kier molecular flexibility index (Phi) is 5.04. The van der Waals surface area contributed by atoms with Crippen LogP contribution < -0.4 is 0 Å². The summed E-state index contributed by atoms with van der Waals surface area (Å²) in [6, 6.07) is 2.56. The molecule has 0 bridgehead atoms. The third-order valence-electron chi connectivity index (χ3n) is 2.85. The van der Waals surface area contributed by atoms with E-state index >= 15 is 0 Å². The maximum absolute atomic E-state index is 12.1. The van der Waals surface area contributed by atoms with E-state index in [9.17, 15) is 19.7 Å². The largest absolute Gasteiger partial charge is 0.480 e.